The van der Waals surface area contributed by atoms with E-state index >= 15 is 0 Å². The lowest BCUT2D eigenvalue weighted by molar-refractivity contribution is -0.144. The van der Waals surface area contributed by atoms with Crippen LogP contribution in [-0.4, -0.2) is 18.4 Å². The van der Waals surface area contributed by atoms with Gasteiger partial charge in [0.1, 0.15) is 5.78 Å². The maximum absolute atomic E-state index is 11.5. The van der Waals surface area contributed by atoms with Crippen LogP contribution in [0.2, 0.25) is 0 Å². The van der Waals surface area contributed by atoms with E-state index < -0.39 is 0 Å². The van der Waals surface area contributed by atoms with E-state index in [0.717, 1.165) is 12.3 Å². The molecule has 0 N–H and O–H groups in total. The molecule has 0 spiro atoms. The highest BCUT2D eigenvalue weighted by molar-refractivity contribution is 5.76. The first-order chi connectivity index (χ1) is 8.94. The van der Waals surface area contributed by atoms with Crippen molar-refractivity contribution in [2.75, 3.05) is 6.61 Å². The molecule has 0 heterocycles. The molecule has 0 bridgehead atoms. The minimum atomic E-state index is -0.159. The van der Waals surface area contributed by atoms with Gasteiger partial charge in [-0.1, -0.05) is 33.1 Å². The lowest BCUT2D eigenvalue weighted by Gasteiger charge is -2.39. The summed E-state index contributed by atoms with van der Waals surface area (Å²) in [5.74, 6) is 0.697. The summed E-state index contributed by atoms with van der Waals surface area (Å²) in [6.07, 6.45) is 7.60. The Balaban J connectivity index is 2.18. The van der Waals surface area contributed by atoms with E-state index in [1.54, 1.807) is 6.92 Å². The van der Waals surface area contributed by atoms with Gasteiger partial charge in [-0.05, 0) is 37.5 Å². The SMILES string of the molecule is CC(=O)CCCC(=O)OCCC1(C)CCCCC1C. The molecule has 3 nitrogen and oxygen atoms in total. The van der Waals surface area contributed by atoms with Gasteiger partial charge in [0.25, 0.3) is 0 Å². The topological polar surface area (TPSA) is 43.4 Å². The van der Waals surface area contributed by atoms with Crippen LogP contribution in [0.1, 0.15) is 72.1 Å². The number of hydrogen-bond donors (Lipinski definition) is 0. The first-order valence-electron chi connectivity index (χ1n) is 7.59. The third-order valence-electron chi connectivity index (χ3n) is 4.67. The number of carbonyl (C=O) groups is 2. The summed E-state index contributed by atoms with van der Waals surface area (Å²) in [7, 11) is 0. The molecule has 0 amide bonds. The lowest BCUT2D eigenvalue weighted by atomic mass is 9.67. The van der Waals surface area contributed by atoms with Crippen LogP contribution >= 0.6 is 0 Å². The summed E-state index contributed by atoms with van der Waals surface area (Å²) in [5, 5.41) is 0. The fraction of sp³-hybridized carbons (Fsp3) is 0.875. The molecule has 0 aromatic heterocycles. The first kappa shape index (κ1) is 16.2. The molecule has 0 radical (unpaired) electrons. The van der Waals surface area contributed by atoms with Crippen molar-refractivity contribution in [3.05, 3.63) is 0 Å². The van der Waals surface area contributed by atoms with Crippen LogP contribution in [0.5, 0.6) is 0 Å². The zero-order valence-electron chi connectivity index (χ0n) is 12.7. The van der Waals surface area contributed by atoms with Gasteiger partial charge in [-0.2, -0.15) is 0 Å². The van der Waals surface area contributed by atoms with Crippen molar-refractivity contribution in [1.29, 1.82) is 0 Å². The van der Waals surface area contributed by atoms with Gasteiger partial charge in [0.2, 0.25) is 0 Å². The summed E-state index contributed by atoms with van der Waals surface area (Å²) in [6.45, 7) is 6.71. The lowest BCUT2D eigenvalue weighted by Crippen LogP contribution is -2.30. The van der Waals surface area contributed by atoms with Crippen molar-refractivity contribution < 1.29 is 14.3 Å². The van der Waals surface area contributed by atoms with Crippen LogP contribution in [-0.2, 0) is 14.3 Å². The van der Waals surface area contributed by atoms with Crippen molar-refractivity contribution in [2.45, 2.75) is 72.1 Å². The Bertz CT molecular complexity index is 311. The smallest absolute Gasteiger partial charge is 0.305 e. The van der Waals surface area contributed by atoms with Gasteiger partial charge in [0.15, 0.2) is 0 Å². The molecule has 2 unspecified atom stereocenters. The molecule has 0 saturated heterocycles. The number of hydrogen-bond acceptors (Lipinski definition) is 3. The normalized spacial score (nSPS) is 27.0. The van der Waals surface area contributed by atoms with Crippen LogP contribution in [0.4, 0.5) is 0 Å². The Morgan fingerprint density at radius 1 is 1.26 bits per heavy atom. The highest BCUT2D eigenvalue weighted by atomic mass is 16.5. The second-order valence-corrected chi connectivity index (χ2v) is 6.33. The summed E-state index contributed by atoms with van der Waals surface area (Å²) in [4.78, 5) is 22.3. The summed E-state index contributed by atoms with van der Waals surface area (Å²) in [6, 6.07) is 0. The fourth-order valence-corrected chi connectivity index (χ4v) is 2.90. The van der Waals surface area contributed by atoms with E-state index in [1.165, 1.54) is 25.7 Å². The van der Waals surface area contributed by atoms with Gasteiger partial charge in [-0.15, -0.1) is 0 Å². The van der Waals surface area contributed by atoms with Crippen molar-refractivity contribution in [1.82, 2.24) is 0 Å². The summed E-state index contributed by atoms with van der Waals surface area (Å²) in [5.41, 5.74) is 0.331. The van der Waals surface area contributed by atoms with E-state index in [9.17, 15) is 9.59 Å². The number of ether oxygens (including phenoxy) is 1. The Morgan fingerprint density at radius 2 is 2.00 bits per heavy atom. The number of rotatable bonds is 7. The monoisotopic (exact) mass is 268 g/mol. The second-order valence-electron chi connectivity index (χ2n) is 6.33. The Kier molecular flexibility index (Phi) is 6.53. The third-order valence-corrected chi connectivity index (χ3v) is 4.67. The van der Waals surface area contributed by atoms with E-state index in [4.69, 9.17) is 4.74 Å². The molecule has 3 heteroatoms. The molecule has 0 aliphatic heterocycles. The molecule has 2 atom stereocenters. The standard InChI is InChI=1S/C16H28O3/c1-13-7-4-5-10-16(13,3)11-12-19-15(18)9-6-8-14(2)17/h13H,4-12H2,1-3H3. The fourth-order valence-electron chi connectivity index (χ4n) is 2.90. The van der Waals surface area contributed by atoms with Gasteiger partial charge in [0, 0.05) is 12.8 Å². The van der Waals surface area contributed by atoms with Gasteiger partial charge >= 0.3 is 5.97 Å². The van der Waals surface area contributed by atoms with Crippen LogP contribution < -0.4 is 0 Å². The van der Waals surface area contributed by atoms with Crippen molar-refractivity contribution in [2.24, 2.45) is 11.3 Å². The molecule has 0 aromatic carbocycles. The Hall–Kier alpha value is -0.860. The molecule has 0 aromatic rings. The molecule has 1 rings (SSSR count). The zero-order valence-corrected chi connectivity index (χ0v) is 12.7. The molecule has 110 valence electrons. The van der Waals surface area contributed by atoms with Crippen LogP contribution in [0.15, 0.2) is 0 Å². The second kappa shape index (κ2) is 7.66. The van der Waals surface area contributed by atoms with E-state index in [-0.39, 0.29) is 11.8 Å². The molecule has 1 aliphatic carbocycles. The number of ketones is 1. The van der Waals surface area contributed by atoms with Crippen LogP contribution in [0.3, 0.4) is 0 Å². The molecule has 1 aliphatic rings. The minimum Gasteiger partial charge on any atom is -0.466 e. The highest BCUT2D eigenvalue weighted by Crippen LogP contribution is 2.43. The summed E-state index contributed by atoms with van der Waals surface area (Å²) >= 11 is 0. The predicted octanol–water partition coefficient (Wildman–Crippen LogP) is 3.90. The van der Waals surface area contributed by atoms with Gasteiger partial charge < -0.3 is 9.53 Å². The minimum absolute atomic E-state index is 0.136. The Labute approximate surface area is 117 Å². The molecular formula is C16H28O3. The molecule has 19 heavy (non-hydrogen) atoms. The van der Waals surface area contributed by atoms with Crippen LogP contribution in [0, 0.1) is 11.3 Å². The third kappa shape index (κ3) is 5.75. The van der Waals surface area contributed by atoms with Gasteiger partial charge in [-0.3, -0.25) is 4.79 Å². The first-order valence-corrected chi connectivity index (χ1v) is 7.59. The van der Waals surface area contributed by atoms with Crippen molar-refractivity contribution in [3.63, 3.8) is 0 Å². The molecule has 1 fully saturated rings. The Morgan fingerprint density at radius 3 is 2.63 bits per heavy atom. The maximum Gasteiger partial charge on any atom is 0.305 e. The van der Waals surface area contributed by atoms with Gasteiger partial charge in [0.05, 0.1) is 6.61 Å². The average molecular weight is 268 g/mol. The van der Waals surface area contributed by atoms with Gasteiger partial charge in [-0.25, -0.2) is 0 Å². The highest BCUT2D eigenvalue weighted by Gasteiger charge is 2.33. The number of esters is 1. The molecule has 1 saturated carbocycles. The molecular weight excluding hydrogens is 240 g/mol. The van der Waals surface area contributed by atoms with Crippen molar-refractivity contribution >= 4 is 11.8 Å². The average Bonchev–Trinajstić information content (AvgIpc) is 2.33. The number of Topliss-reactive ketones (excluding diaryl/α,β-unsaturated/α-hetero) is 1. The number of carbonyl (C=O) groups excluding carboxylic acids is 2. The largest absolute Gasteiger partial charge is 0.466 e. The van der Waals surface area contributed by atoms with E-state index in [0.29, 0.717) is 31.3 Å². The quantitative estimate of drug-likeness (QED) is 0.658. The predicted molar refractivity (Wildman–Crippen MR) is 75.8 cm³/mol. The van der Waals surface area contributed by atoms with E-state index in [1.807, 2.05) is 0 Å². The van der Waals surface area contributed by atoms with Crippen molar-refractivity contribution in [3.8, 4) is 0 Å². The van der Waals surface area contributed by atoms with Crippen LogP contribution in [0.25, 0.3) is 0 Å². The zero-order chi connectivity index (χ0) is 14.3. The summed E-state index contributed by atoms with van der Waals surface area (Å²) < 4.78 is 5.29. The maximum atomic E-state index is 11.5. The van der Waals surface area contributed by atoms with E-state index in [2.05, 4.69) is 13.8 Å².